The van der Waals surface area contributed by atoms with Crippen molar-refractivity contribution in [2.24, 2.45) is 5.92 Å². The van der Waals surface area contributed by atoms with Gasteiger partial charge in [0.1, 0.15) is 6.04 Å². The van der Waals surface area contributed by atoms with Gasteiger partial charge in [-0.25, -0.2) is 4.79 Å². The summed E-state index contributed by atoms with van der Waals surface area (Å²) in [7, 11) is 0. The molecule has 1 atom stereocenters. The van der Waals surface area contributed by atoms with Crippen LogP contribution in [0.1, 0.15) is 52.2 Å². The lowest BCUT2D eigenvalue weighted by Gasteiger charge is -2.12. The van der Waals surface area contributed by atoms with Gasteiger partial charge in [0, 0.05) is 4.88 Å². The molecule has 1 saturated carbocycles. The lowest BCUT2D eigenvalue weighted by Crippen LogP contribution is -2.42. The molecule has 1 amide bonds. The summed E-state index contributed by atoms with van der Waals surface area (Å²) in [6, 6.07) is 1.25. The Hall–Kier alpha value is -1.36. The molecule has 3 rings (SSSR count). The van der Waals surface area contributed by atoms with Gasteiger partial charge in [-0.2, -0.15) is 0 Å². The van der Waals surface area contributed by atoms with Gasteiger partial charge >= 0.3 is 5.97 Å². The van der Waals surface area contributed by atoms with Crippen molar-refractivity contribution in [3.05, 3.63) is 21.4 Å². The van der Waals surface area contributed by atoms with Crippen molar-refractivity contribution >= 4 is 23.2 Å². The Morgan fingerprint density at radius 2 is 2.00 bits per heavy atom. The average molecular weight is 293 g/mol. The molecule has 1 aromatic rings. The van der Waals surface area contributed by atoms with Crippen LogP contribution in [0.3, 0.4) is 0 Å². The van der Waals surface area contributed by atoms with Crippen molar-refractivity contribution in [3.63, 3.8) is 0 Å². The van der Waals surface area contributed by atoms with E-state index in [1.54, 1.807) is 0 Å². The fourth-order valence-electron chi connectivity index (χ4n) is 2.80. The zero-order valence-corrected chi connectivity index (χ0v) is 12.2. The monoisotopic (exact) mass is 293 g/mol. The van der Waals surface area contributed by atoms with E-state index in [4.69, 9.17) is 5.11 Å². The molecule has 20 heavy (non-hydrogen) atoms. The van der Waals surface area contributed by atoms with Gasteiger partial charge in [0.15, 0.2) is 0 Å². The summed E-state index contributed by atoms with van der Waals surface area (Å²) in [6.45, 7) is 0. The predicted octanol–water partition coefficient (Wildman–Crippen LogP) is 2.61. The van der Waals surface area contributed by atoms with E-state index in [0.29, 0.717) is 4.88 Å². The molecule has 4 nitrogen and oxygen atoms in total. The first-order chi connectivity index (χ1) is 9.65. The quantitative estimate of drug-likeness (QED) is 0.839. The largest absolute Gasteiger partial charge is 0.480 e. The Labute approximate surface area is 122 Å². The number of thiophene rings is 1. The topological polar surface area (TPSA) is 66.4 Å². The SMILES string of the molecule is O=C(NC(C(=O)O)C1CC1)c1cc2c(s1)CCCCC2. The van der Waals surface area contributed by atoms with Crippen molar-refractivity contribution in [3.8, 4) is 0 Å². The number of amides is 1. The summed E-state index contributed by atoms with van der Waals surface area (Å²) < 4.78 is 0. The number of carbonyl (C=O) groups is 2. The number of carbonyl (C=O) groups excluding carboxylic acids is 1. The Morgan fingerprint density at radius 3 is 2.70 bits per heavy atom. The van der Waals surface area contributed by atoms with Gasteiger partial charge in [0.25, 0.3) is 5.91 Å². The second-order valence-corrected chi connectivity index (χ2v) is 6.88. The van der Waals surface area contributed by atoms with E-state index in [1.165, 1.54) is 41.0 Å². The molecule has 1 aromatic heterocycles. The van der Waals surface area contributed by atoms with Crippen LogP contribution >= 0.6 is 11.3 Å². The van der Waals surface area contributed by atoms with Crippen molar-refractivity contribution in [2.45, 2.75) is 51.0 Å². The Balaban J connectivity index is 1.72. The highest BCUT2D eigenvalue weighted by Crippen LogP contribution is 2.33. The summed E-state index contributed by atoms with van der Waals surface area (Å²) in [5.41, 5.74) is 1.29. The lowest BCUT2D eigenvalue weighted by molar-refractivity contribution is -0.139. The minimum atomic E-state index is -0.918. The van der Waals surface area contributed by atoms with Gasteiger partial charge < -0.3 is 10.4 Å². The second kappa shape index (κ2) is 5.56. The first kappa shape index (κ1) is 13.6. The molecule has 0 bridgehead atoms. The fourth-order valence-corrected chi connectivity index (χ4v) is 3.96. The highest BCUT2D eigenvalue weighted by atomic mass is 32.1. The molecule has 1 fully saturated rings. The normalized spacial score (nSPS) is 19.8. The summed E-state index contributed by atoms with van der Waals surface area (Å²) in [5.74, 6) is -1.02. The molecule has 1 unspecified atom stereocenters. The number of hydrogen-bond acceptors (Lipinski definition) is 3. The molecule has 2 aliphatic rings. The standard InChI is InChI=1S/C15H19NO3S/c17-14(16-13(15(18)19)9-6-7-9)12-8-10-4-2-1-3-5-11(10)20-12/h8-9,13H,1-7H2,(H,16,17)(H,18,19). The molecule has 5 heteroatoms. The van der Waals surface area contributed by atoms with E-state index >= 15 is 0 Å². The van der Waals surface area contributed by atoms with E-state index in [-0.39, 0.29) is 11.8 Å². The number of carboxylic acids is 1. The molecule has 0 spiro atoms. The van der Waals surface area contributed by atoms with E-state index in [1.807, 2.05) is 6.07 Å². The summed E-state index contributed by atoms with van der Waals surface area (Å²) in [5, 5.41) is 11.9. The number of carboxylic acid groups (broad SMARTS) is 1. The van der Waals surface area contributed by atoms with Crippen LogP contribution in [-0.2, 0) is 17.6 Å². The Kier molecular flexibility index (Phi) is 3.78. The maximum absolute atomic E-state index is 12.2. The van der Waals surface area contributed by atoms with E-state index in [0.717, 1.165) is 25.7 Å². The van der Waals surface area contributed by atoms with Crippen LogP contribution in [-0.4, -0.2) is 23.0 Å². The van der Waals surface area contributed by atoms with Gasteiger partial charge in [-0.05, 0) is 56.1 Å². The average Bonchev–Trinajstić information content (AvgIpc) is 3.20. The summed E-state index contributed by atoms with van der Waals surface area (Å²) >= 11 is 1.54. The van der Waals surface area contributed by atoms with Gasteiger partial charge in [0.2, 0.25) is 0 Å². The first-order valence-corrected chi connectivity index (χ1v) is 8.12. The molecule has 1 heterocycles. The zero-order chi connectivity index (χ0) is 14.1. The van der Waals surface area contributed by atoms with E-state index < -0.39 is 12.0 Å². The minimum Gasteiger partial charge on any atom is -0.480 e. The number of rotatable bonds is 4. The molecule has 108 valence electrons. The number of aryl methyl sites for hydroxylation is 2. The third-order valence-electron chi connectivity index (χ3n) is 4.12. The van der Waals surface area contributed by atoms with Crippen LogP contribution in [0.2, 0.25) is 0 Å². The molecular formula is C15H19NO3S. The van der Waals surface area contributed by atoms with Crippen molar-refractivity contribution in [2.75, 3.05) is 0 Å². The third-order valence-corrected chi connectivity index (χ3v) is 5.35. The molecule has 0 aromatic carbocycles. The van der Waals surface area contributed by atoms with E-state index in [9.17, 15) is 9.59 Å². The van der Waals surface area contributed by atoms with Crippen LogP contribution in [0.4, 0.5) is 0 Å². The van der Waals surface area contributed by atoms with Crippen LogP contribution in [0, 0.1) is 5.92 Å². The number of hydrogen-bond donors (Lipinski definition) is 2. The van der Waals surface area contributed by atoms with Gasteiger partial charge in [0.05, 0.1) is 4.88 Å². The van der Waals surface area contributed by atoms with E-state index in [2.05, 4.69) is 5.32 Å². The molecule has 2 N–H and O–H groups in total. The minimum absolute atomic E-state index is 0.120. The maximum atomic E-state index is 12.2. The predicted molar refractivity (Wildman–Crippen MR) is 77.2 cm³/mol. The van der Waals surface area contributed by atoms with Crippen LogP contribution in [0.5, 0.6) is 0 Å². The van der Waals surface area contributed by atoms with Crippen molar-refractivity contribution in [1.82, 2.24) is 5.32 Å². The maximum Gasteiger partial charge on any atom is 0.326 e. The molecule has 0 radical (unpaired) electrons. The van der Waals surface area contributed by atoms with Crippen LogP contribution < -0.4 is 5.32 Å². The van der Waals surface area contributed by atoms with Gasteiger partial charge in [-0.15, -0.1) is 11.3 Å². The second-order valence-electron chi connectivity index (χ2n) is 5.75. The molecule has 0 aliphatic heterocycles. The molecule has 2 aliphatic carbocycles. The zero-order valence-electron chi connectivity index (χ0n) is 11.4. The van der Waals surface area contributed by atoms with Gasteiger partial charge in [-0.3, -0.25) is 4.79 Å². The summed E-state index contributed by atoms with van der Waals surface area (Å²) in [4.78, 5) is 25.4. The molecule has 0 saturated heterocycles. The smallest absolute Gasteiger partial charge is 0.326 e. The highest BCUT2D eigenvalue weighted by Gasteiger charge is 2.37. The first-order valence-electron chi connectivity index (χ1n) is 7.30. The van der Waals surface area contributed by atoms with Crippen molar-refractivity contribution in [1.29, 1.82) is 0 Å². The number of fused-ring (bicyclic) bond motifs is 1. The van der Waals surface area contributed by atoms with Crippen LogP contribution in [0.25, 0.3) is 0 Å². The lowest BCUT2D eigenvalue weighted by atomic mass is 10.1. The van der Waals surface area contributed by atoms with Crippen LogP contribution in [0.15, 0.2) is 6.07 Å². The Morgan fingerprint density at radius 1 is 1.25 bits per heavy atom. The fraction of sp³-hybridized carbons (Fsp3) is 0.600. The Bertz CT molecular complexity index is 510. The number of aliphatic carboxylic acids is 1. The van der Waals surface area contributed by atoms with Gasteiger partial charge in [-0.1, -0.05) is 6.42 Å². The van der Waals surface area contributed by atoms with Crippen molar-refractivity contribution < 1.29 is 14.7 Å². The highest BCUT2D eigenvalue weighted by molar-refractivity contribution is 7.14. The third kappa shape index (κ3) is 2.87. The number of nitrogens with one attached hydrogen (secondary N) is 1. The molecular weight excluding hydrogens is 274 g/mol. The summed E-state index contributed by atoms with van der Waals surface area (Å²) in [6.07, 6.45) is 7.53.